The first-order valence-corrected chi connectivity index (χ1v) is 12.3. The predicted molar refractivity (Wildman–Crippen MR) is 134 cm³/mol. The molecular weight excluding hydrogens is 445 g/mol. The molecule has 1 aliphatic carbocycles. The summed E-state index contributed by atoms with van der Waals surface area (Å²) < 4.78 is 28.2. The molecule has 4 rings (SSSR count). The Bertz CT molecular complexity index is 1110. The Labute approximate surface area is 207 Å². The van der Waals surface area contributed by atoms with Crippen LogP contribution in [0.15, 0.2) is 54.6 Å². The van der Waals surface area contributed by atoms with Crippen LogP contribution in [-0.4, -0.2) is 51.2 Å². The number of aryl methyl sites for hydroxylation is 1. The highest BCUT2D eigenvalue weighted by Crippen LogP contribution is 2.35. The van der Waals surface area contributed by atoms with Crippen molar-refractivity contribution in [1.29, 1.82) is 0 Å². The van der Waals surface area contributed by atoms with Crippen molar-refractivity contribution in [1.82, 2.24) is 14.7 Å². The average molecular weight is 482 g/mol. The summed E-state index contributed by atoms with van der Waals surface area (Å²) in [6.07, 6.45) is 1.78. The maximum Gasteiger partial charge on any atom is 0.227 e. The second kappa shape index (κ2) is 10.9. The fourth-order valence-corrected chi connectivity index (χ4v) is 3.99. The fourth-order valence-electron chi connectivity index (χ4n) is 3.99. The lowest BCUT2D eigenvalue weighted by Crippen LogP contribution is -2.37. The lowest BCUT2D eigenvalue weighted by Gasteiger charge is -2.27. The van der Waals surface area contributed by atoms with Gasteiger partial charge in [-0.05, 0) is 70.7 Å². The molecule has 0 aliphatic heterocycles. The molecule has 0 radical (unpaired) electrons. The van der Waals surface area contributed by atoms with Gasteiger partial charge in [0.05, 0.1) is 35.3 Å². The van der Waals surface area contributed by atoms with Crippen LogP contribution in [0.1, 0.15) is 44.9 Å². The van der Waals surface area contributed by atoms with Crippen LogP contribution in [0.4, 0.5) is 4.39 Å². The minimum Gasteiger partial charge on any atom is -0.435 e. The summed E-state index contributed by atoms with van der Waals surface area (Å²) in [5, 5.41) is 15.5. The van der Waals surface area contributed by atoms with E-state index in [9.17, 15) is 9.50 Å². The van der Waals surface area contributed by atoms with Crippen molar-refractivity contribution < 1.29 is 19.0 Å². The van der Waals surface area contributed by atoms with Gasteiger partial charge in [-0.2, -0.15) is 5.10 Å². The Morgan fingerprint density at radius 3 is 2.46 bits per heavy atom. The maximum absolute atomic E-state index is 14.5. The molecule has 188 valence electrons. The van der Waals surface area contributed by atoms with E-state index in [0.29, 0.717) is 24.9 Å². The summed E-state index contributed by atoms with van der Waals surface area (Å²) in [5.74, 6) is 0.839. The van der Waals surface area contributed by atoms with Crippen LogP contribution in [-0.2, 0) is 11.3 Å². The van der Waals surface area contributed by atoms with Crippen molar-refractivity contribution in [3.05, 3.63) is 71.7 Å². The van der Waals surface area contributed by atoms with E-state index in [1.165, 1.54) is 18.9 Å². The largest absolute Gasteiger partial charge is 0.435 e. The Morgan fingerprint density at radius 2 is 1.80 bits per heavy atom. The number of halogens is 1. The average Bonchev–Trinajstić information content (AvgIpc) is 3.58. The van der Waals surface area contributed by atoms with Gasteiger partial charge in [-0.3, -0.25) is 4.90 Å². The van der Waals surface area contributed by atoms with E-state index < -0.39 is 11.9 Å². The molecule has 0 saturated heterocycles. The first-order chi connectivity index (χ1) is 16.7. The van der Waals surface area contributed by atoms with Crippen molar-refractivity contribution in [3.63, 3.8) is 0 Å². The quantitative estimate of drug-likeness (QED) is 0.392. The summed E-state index contributed by atoms with van der Waals surface area (Å²) in [6, 6.07) is 16.1. The Hall–Kier alpha value is -2.74. The van der Waals surface area contributed by atoms with Gasteiger partial charge in [0.2, 0.25) is 5.88 Å². The smallest absolute Gasteiger partial charge is 0.227 e. The minimum atomic E-state index is -0.617. The molecule has 0 amide bonds. The van der Waals surface area contributed by atoms with E-state index in [-0.39, 0.29) is 18.0 Å². The van der Waals surface area contributed by atoms with Gasteiger partial charge in [0, 0.05) is 19.6 Å². The zero-order chi connectivity index (χ0) is 25.0. The van der Waals surface area contributed by atoms with Gasteiger partial charge in [-0.15, -0.1) is 0 Å². The predicted octanol–water partition coefficient (Wildman–Crippen LogP) is 5.50. The molecule has 35 heavy (non-hydrogen) atoms. The van der Waals surface area contributed by atoms with Gasteiger partial charge in [0.25, 0.3) is 0 Å². The molecule has 0 spiro atoms. The van der Waals surface area contributed by atoms with E-state index >= 15 is 0 Å². The van der Waals surface area contributed by atoms with Gasteiger partial charge in [-0.25, -0.2) is 9.07 Å². The summed E-state index contributed by atoms with van der Waals surface area (Å²) in [5.41, 5.74) is 2.21. The number of ether oxygens (including phenoxy) is 2. The first kappa shape index (κ1) is 25.4. The van der Waals surface area contributed by atoms with Crippen LogP contribution < -0.4 is 4.74 Å². The highest BCUT2D eigenvalue weighted by atomic mass is 19.1. The molecule has 1 heterocycles. The van der Waals surface area contributed by atoms with Gasteiger partial charge in [0.15, 0.2) is 11.6 Å². The minimum absolute atomic E-state index is 0.151. The highest BCUT2D eigenvalue weighted by Gasteiger charge is 2.29. The SMILES string of the molecule is Cc1nn(-c2ccccc2)c(Oc2ccccc2F)c1CN(CC(O)COC(C)(C)C)CC1CC1. The number of nitrogens with zero attached hydrogens (tertiary/aromatic N) is 3. The molecule has 1 aromatic heterocycles. The standard InChI is InChI=1S/C28H36FN3O3/c1-20-24(18-31(16-21-14-15-21)17-23(33)19-34-28(2,3)4)27(35-26-13-9-8-12-25(26)29)32(30-20)22-10-6-5-7-11-22/h5-13,21,23,33H,14-19H2,1-4H3. The number of hydrogen-bond donors (Lipinski definition) is 1. The van der Waals surface area contributed by atoms with Gasteiger partial charge in [0.1, 0.15) is 0 Å². The molecule has 1 aliphatic rings. The van der Waals surface area contributed by atoms with Crippen LogP contribution in [0.2, 0.25) is 0 Å². The summed E-state index contributed by atoms with van der Waals surface area (Å²) in [7, 11) is 0. The number of para-hydroxylation sites is 2. The number of aliphatic hydroxyl groups excluding tert-OH is 1. The highest BCUT2D eigenvalue weighted by molar-refractivity contribution is 5.43. The van der Waals surface area contributed by atoms with E-state index in [2.05, 4.69) is 4.90 Å². The Kier molecular flexibility index (Phi) is 7.89. The number of aliphatic hydroxyl groups is 1. The summed E-state index contributed by atoms with van der Waals surface area (Å²) in [6.45, 7) is 10.0. The lowest BCUT2D eigenvalue weighted by molar-refractivity contribution is -0.0569. The van der Waals surface area contributed by atoms with Crippen LogP contribution in [0.25, 0.3) is 5.69 Å². The molecular formula is C28H36FN3O3. The van der Waals surface area contributed by atoms with Crippen molar-refractivity contribution >= 4 is 0 Å². The molecule has 1 fully saturated rings. The van der Waals surface area contributed by atoms with Crippen molar-refractivity contribution in [2.45, 2.75) is 58.8 Å². The second-order valence-corrected chi connectivity index (χ2v) is 10.4. The zero-order valence-electron chi connectivity index (χ0n) is 21.1. The molecule has 1 unspecified atom stereocenters. The number of benzene rings is 2. The van der Waals surface area contributed by atoms with Gasteiger partial charge in [-0.1, -0.05) is 30.3 Å². The molecule has 1 atom stereocenters. The number of aromatic nitrogens is 2. The molecule has 2 aromatic carbocycles. The van der Waals surface area contributed by atoms with Crippen molar-refractivity contribution in [2.24, 2.45) is 5.92 Å². The van der Waals surface area contributed by atoms with Crippen LogP contribution in [0.5, 0.6) is 11.6 Å². The van der Waals surface area contributed by atoms with Crippen LogP contribution >= 0.6 is 0 Å². The molecule has 6 nitrogen and oxygen atoms in total. The second-order valence-electron chi connectivity index (χ2n) is 10.4. The van der Waals surface area contributed by atoms with Gasteiger partial charge < -0.3 is 14.6 Å². The molecule has 0 bridgehead atoms. The maximum atomic E-state index is 14.5. The normalized spacial score (nSPS) is 14.9. The number of rotatable bonds is 11. The molecule has 7 heteroatoms. The monoisotopic (exact) mass is 481 g/mol. The van der Waals surface area contributed by atoms with Crippen LogP contribution in [0, 0.1) is 18.7 Å². The third kappa shape index (κ3) is 7.13. The molecule has 1 N–H and O–H groups in total. The Morgan fingerprint density at radius 1 is 1.11 bits per heavy atom. The third-order valence-electron chi connectivity index (χ3n) is 5.95. The summed E-state index contributed by atoms with van der Waals surface area (Å²) in [4.78, 5) is 2.24. The molecule has 1 saturated carbocycles. The topological polar surface area (TPSA) is 59.8 Å². The summed E-state index contributed by atoms with van der Waals surface area (Å²) >= 11 is 0. The zero-order valence-corrected chi connectivity index (χ0v) is 21.1. The van der Waals surface area contributed by atoms with Crippen molar-refractivity contribution in [3.8, 4) is 17.3 Å². The van der Waals surface area contributed by atoms with E-state index in [1.54, 1.807) is 22.9 Å². The Balaban J connectivity index is 1.63. The van der Waals surface area contributed by atoms with E-state index in [1.807, 2.05) is 58.0 Å². The van der Waals surface area contributed by atoms with Crippen LogP contribution in [0.3, 0.4) is 0 Å². The number of hydrogen-bond acceptors (Lipinski definition) is 5. The fraction of sp³-hybridized carbons (Fsp3) is 0.464. The lowest BCUT2D eigenvalue weighted by atomic mass is 10.2. The molecule has 3 aromatic rings. The third-order valence-corrected chi connectivity index (χ3v) is 5.95. The first-order valence-electron chi connectivity index (χ1n) is 12.3. The van der Waals surface area contributed by atoms with Crippen molar-refractivity contribution in [2.75, 3.05) is 19.7 Å². The van der Waals surface area contributed by atoms with E-state index in [4.69, 9.17) is 14.6 Å². The van der Waals surface area contributed by atoms with Gasteiger partial charge >= 0.3 is 0 Å². The van der Waals surface area contributed by atoms with E-state index in [0.717, 1.165) is 23.5 Å².